The molecule has 0 amide bonds. The monoisotopic (exact) mass is 149 g/mol. The van der Waals surface area contributed by atoms with Crippen LogP contribution in [0.15, 0.2) is 4.99 Å². The molecule has 1 N–H and O–H groups in total. The zero-order valence-corrected chi connectivity index (χ0v) is 5.94. The largest absolute Gasteiger partial charge is 0.476 e. The predicted molar refractivity (Wildman–Crippen MR) is 35.6 cm³/mol. The van der Waals surface area contributed by atoms with Crippen molar-refractivity contribution in [3.8, 4) is 0 Å². The van der Waals surface area contributed by atoms with Crippen molar-refractivity contribution in [1.82, 2.24) is 0 Å². The van der Waals surface area contributed by atoms with Gasteiger partial charge < -0.3 is 9.29 Å². The van der Waals surface area contributed by atoms with Crippen molar-refractivity contribution < 1.29 is 14.1 Å². The first-order valence-corrected chi connectivity index (χ1v) is 2.87. The minimum absolute atomic E-state index is 0.0440. The average molecular weight is 149 g/mol. The van der Waals surface area contributed by atoms with Crippen LogP contribution in [0, 0.1) is 0 Å². The molecule has 0 aliphatic rings. The predicted octanol–water partition coefficient (Wildman–Crippen LogP) is 0.394. The van der Waals surface area contributed by atoms with Gasteiger partial charge in [-0.25, -0.2) is 4.79 Å². The molecular weight excluding hydrogens is 142 g/mol. The molecule has 0 aromatic rings. The van der Waals surface area contributed by atoms with Gasteiger partial charge in [-0.2, -0.15) is 0 Å². The Morgan fingerprint density at radius 1 is 1.78 bits per heavy atom. The van der Waals surface area contributed by atoms with E-state index >= 15 is 0 Å². The summed E-state index contributed by atoms with van der Waals surface area (Å²) in [5, 5.41) is 8.23. The zero-order valence-electron chi connectivity index (χ0n) is 5.12. The Labute approximate surface area is 57.1 Å². The second-order valence-corrected chi connectivity index (χ2v) is 1.97. The third-order valence-corrected chi connectivity index (χ3v) is 1.23. The quantitative estimate of drug-likeness (QED) is 0.333. The molecule has 0 unspecified atom stereocenters. The average Bonchev–Trinajstić information content (AvgIpc) is 1.82. The number of hydrogen-bond acceptors (Lipinski definition) is 4. The van der Waals surface area contributed by atoms with Gasteiger partial charge in [0.1, 0.15) is 0 Å². The SMILES string of the molecule is C/N=C(\SOC)C(=O)O. The molecule has 0 aromatic carbocycles. The minimum atomic E-state index is -1.07. The molecule has 9 heavy (non-hydrogen) atoms. The summed E-state index contributed by atoms with van der Waals surface area (Å²) < 4.78 is 4.46. The van der Waals surface area contributed by atoms with E-state index in [9.17, 15) is 4.79 Å². The molecule has 0 aliphatic heterocycles. The summed E-state index contributed by atoms with van der Waals surface area (Å²) >= 11 is 0.735. The lowest BCUT2D eigenvalue weighted by molar-refractivity contribution is -0.129. The number of nitrogens with zero attached hydrogens (tertiary/aromatic N) is 1. The Morgan fingerprint density at radius 2 is 2.33 bits per heavy atom. The van der Waals surface area contributed by atoms with Crippen molar-refractivity contribution in [1.29, 1.82) is 0 Å². The van der Waals surface area contributed by atoms with Gasteiger partial charge in [0.2, 0.25) is 5.04 Å². The van der Waals surface area contributed by atoms with E-state index in [4.69, 9.17) is 5.11 Å². The number of rotatable bonds is 1. The van der Waals surface area contributed by atoms with Crippen molar-refractivity contribution in [2.24, 2.45) is 4.99 Å². The van der Waals surface area contributed by atoms with E-state index in [2.05, 4.69) is 9.18 Å². The third-order valence-electron chi connectivity index (χ3n) is 0.548. The molecule has 0 rings (SSSR count). The highest BCUT2D eigenvalue weighted by atomic mass is 32.2. The molecule has 0 radical (unpaired) electrons. The van der Waals surface area contributed by atoms with Crippen LogP contribution in [0.2, 0.25) is 0 Å². The van der Waals surface area contributed by atoms with Crippen LogP contribution < -0.4 is 0 Å². The molecule has 52 valence electrons. The van der Waals surface area contributed by atoms with Gasteiger partial charge in [0.15, 0.2) is 0 Å². The summed E-state index contributed by atoms with van der Waals surface area (Å²) in [6.45, 7) is 0. The summed E-state index contributed by atoms with van der Waals surface area (Å²) in [5.74, 6) is -1.07. The van der Waals surface area contributed by atoms with Crippen molar-refractivity contribution in [3.63, 3.8) is 0 Å². The summed E-state index contributed by atoms with van der Waals surface area (Å²) in [5.41, 5.74) is 0. The first-order chi connectivity index (χ1) is 4.22. The lowest BCUT2D eigenvalue weighted by Gasteiger charge is -1.93. The molecule has 0 aromatic heterocycles. The standard InChI is InChI=1S/C4H7NO3S/c1-5-3(4(6)7)9-8-2/h1-2H3,(H,6,7)/b5-3-. The number of carboxylic acid groups (broad SMARTS) is 1. The molecule has 4 nitrogen and oxygen atoms in total. The van der Waals surface area contributed by atoms with Crippen molar-refractivity contribution in [3.05, 3.63) is 0 Å². The third kappa shape index (κ3) is 3.10. The molecule has 0 fully saturated rings. The van der Waals surface area contributed by atoms with Crippen LogP contribution in [0.4, 0.5) is 0 Å². The van der Waals surface area contributed by atoms with E-state index < -0.39 is 5.97 Å². The molecule has 0 aliphatic carbocycles. The first kappa shape index (κ1) is 8.45. The molecule has 0 saturated heterocycles. The lowest BCUT2D eigenvalue weighted by atomic mass is 10.7. The van der Waals surface area contributed by atoms with Crippen molar-refractivity contribution >= 4 is 23.1 Å². The maximum atomic E-state index is 10.1. The topological polar surface area (TPSA) is 58.9 Å². The van der Waals surface area contributed by atoms with Gasteiger partial charge in [-0.05, 0) is 0 Å². The van der Waals surface area contributed by atoms with Crippen LogP contribution in [0.25, 0.3) is 0 Å². The van der Waals surface area contributed by atoms with E-state index in [1.54, 1.807) is 0 Å². The van der Waals surface area contributed by atoms with E-state index in [0.29, 0.717) is 0 Å². The number of aliphatic imine (C=N–C) groups is 1. The molecule has 5 heteroatoms. The highest BCUT2D eigenvalue weighted by Gasteiger charge is 2.07. The van der Waals surface area contributed by atoms with Crippen LogP contribution in [0.3, 0.4) is 0 Å². The van der Waals surface area contributed by atoms with Crippen LogP contribution in [0.1, 0.15) is 0 Å². The Bertz CT molecular complexity index is 134. The fourth-order valence-electron chi connectivity index (χ4n) is 0.247. The van der Waals surface area contributed by atoms with Gasteiger partial charge in [0.25, 0.3) is 0 Å². The lowest BCUT2D eigenvalue weighted by Crippen LogP contribution is -2.08. The summed E-state index contributed by atoms with van der Waals surface area (Å²) in [6, 6.07) is 0. The Hall–Kier alpha value is -0.550. The first-order valence-electron chi connectivity index (χ1n) is 2.13. The van der Waals surface area contributed by atoms with Crippen molar-refractivity contribution in [2.45, 2.75) is 0 Å². The molecule has 0 saturated carbocycles. The number of carboxylic acids is 1. The summed E-state index contributed by atoms with van der Waals surface area (Å²) in [4.78, 5) is 13.5. The van der Waals surface area contributed by atoms with Crippen LogP contribution in [-0.4, -0.2) is 30.3 Å². The number of hydrogen-bond donors (Lipinski definition) is 1. The minimum Gasteiger partial charge on any atom is -0.476 e. The second-order valence-electron chi connectivity index (χ2n) is 1.08. The second kappa shape index (κ2) is 4.34. The van der Waals surface area contributed by atoms with E-state index in [-0.39, 0.29) is 5.04 Å². The Balaban J connectivity index is 3.85. The van der Waals surface area contributed by atoms with Gasteiger partial charge in [-0.1, -0.05) is 0 Å². The Kier molecular flexibility index (Phi) is 4.08. The van der Waals surface area contributed by atoms with Gasteiger partial charge in [-0.15, -0.1) is 0 Å². The summed E-state index contributed by atoms with van der Waals surface area (Å²) in [6.07, 6.45) is 0. The van der Waals surface area contributed by atoms with Crippen LogP contribution in [0.5, 0.6) is 0 Å². The van der Waals surface area contributed by atoms with E-state index in [1.165, 1.54) is 14.2 Å². The number of carbonyl (C=O) groups is 1. The fourth-order valence-corrected chi connectivity index (χ4v) is 0.551. The van der Waals surface area contributed by atoms with E-state index in [0.717, 1.165) is 12.0 Å². The molecule has 0 bridgehead atoms. The summed E-state index contributed by atoms with van der Waals surface area (Å²) in [7, 11) is 2.79. The maximum Gasteiger partial charge on any atom is 0.363 e. The molecule has 0 heterocycles. The van der Waals surface area contributed by atoms with Crippen molar-refractivity contribution in [2.75, 3.05) is 14.2 Å². The smallest absolute Gasteiger partial charge is 0.363 e. The fraction of sp³-hybridized carbons (Fsp3) is 0.500. The zero-order chi connectivity index (χ0) is 7.28. The van der Waals surface area contributed by atoms with Crippen LogP contribution in [-0.2, 0) is 8.98 Å². The van der Waals surface area contributed by atoms with Gasteiger partial charge >= 0.3 is 5.97 Å². The normalized spacial score (nSPS) is 11.6. The molecule has 0 atom stereocenters. The van der Waals surface area contributed by atoms with E-state index in [1.807, 2.05) is 0 Å². The maximum absolute atomic E-state index is 10.1. The van der Waals surface area contributed by atoms with Gasteiger partial charge in [0, 0.05) is 7.05 Å². The van der Waals surface area contributed by atoms with Crippen LogP contribution >= 0.6 is 12.0 Å². The molecular formula is C4H7NO3S. The Morgan fingerprint density at radius 3 is 2.44 bits per heavy atom. The highest BCUT2D eigenvalue weighted by molar-refractivity contribution is 8.11. The highest BCUT2D eigenvalue weighted by Crippen LogP contribution is 2.02. The molecule has 0 spiro atoms. The number of aliphatic carboxylic acids is 1. The van der Waals surface area contributed by atoms with Gasteiger partial charge in [0.05, 0.1) is 19.2 Å². The van der Waals surface area contributed by atoms with Gasteiger partial charge in [-0.3, -0.25) is 4.99 Å².